The van der Waals surface area contributed by atoms with Crippen molar-refractivity contribution in [1.82, 2.24) is 5.06 Å². The largest absolute Gasteiger partial charge is 0.375 e. The molecule has 0 aliphatic carbocycles. The van der Waals surface area contributed by atoms with E-state index in [1.807, 2.05) is 27.7 Å². The predicted octanol–water partition coefficient (Wildman–Crippen LogP) is 3.41. The average Bonchev–Trinajstić information content (AvgIpc) is 2.12. The van der Waals surface area contributed by atoms with Gasteiger partial charge in [0.2, 0.25) is 0 Å². The number of hydrogen-bond acceptors (Lipinski definition) is 2. The zero-order chi connectivity index (χ0) is 13.4. The van der Waals surface area contributed by atoms with E-state index in [1.54, 1.807) is 0 Å². The lowest BCUT2D eigenvalue weighted by atomic mass is 9.80. The molecule has 0 N–H and O–H groups in total. The topological polar surface area (TPSA) is 32.4 Å². The van der Waals surface area contributed by atoms with Crippen LogP contribution in [0.25, 0.3) is 0 Å². The summed E-state index contributed by atoms with van der Waals surface area (Å²) in [6.07, 6.45) is 2.08. The molecule has 101 valence electrons. The van der Waals surface area contributed by atoms with Gasteiger partial charge in [-0.25, -0.2) is 0 Å². The highest BCUT2D eigenvalue weighted by molar-refractivity contribution is 4.96. The molecule has 1 fully saturated rings. The molecule has 1 saturated heterocycles. The van der Waals surface area contributed by atoms with Gasteiger partial charge in [-0.05, 0) is 53.4 Å². The Morgan fingerprint density at radius 2 is 1.47 bits per heavy atom. The summed E-state index contributed by atoms with van der Waals surface area (Å²) in [6, 6.07) is 0. The van der Waals surface area contributed by atoms with Crippen molar-refractivity contribution >= 4 is 0 Å². The van der Waals surface area contributed by atoms with Crippen LogP contribution in [0.2, 0.25) is 0 Å². The Labute approximate surface area is 106 Å². The minimum absolute atomic E-state index is 0.197. The highest BCUT2D eigenvalue weighted by Crippen LogP contribution is 2.38. The molecule has 0 aromatic rings. The fraction of sp³-hybridized carbons (Fsp3) is 1.00. The fourth-order valence-electron chi connectivity index (χ4n) is 2.73. The number of nitrogens with zero attached hydrogens (tertiary/aromatic N) is 1. The van der Waals surface area contributed by atoms with Crippen LogP contribution in [0.3, 0.4) is 0 Å². The summed E-state index contributed by atoms with van der Waals surface area (Å²) in [6.45, 7) is 14.5. The van der Waals surface area contributed by atoms with Crippen molar-refractivity contribution in [2.45, 2.75) is 84.6 Å². The van der Waals surface area contributed by atoms with Gasteiger partial charge in [0.15, 0.2) is 0 Å². The molecule has 1 heterocycles. The molecule has 1 aliphatic heterocycles. The van der Waals surface area contributed by atoms with Crippen LogP contribution < -0.4 is 0 Å². The minimum atomic E-state index is -0.330. The molecule has 3 nitrogen and oxygen atoms in total. The zero-order valence-electron chi connectivity index (χ0n) is 12.4. The fourth-order valence-corrected chi connectivity index (χ4v) is 2.73. The van der Waals surface area contributed by atoms with E-state index in [0.717, 1.165) is 12.8 Å². The van der Waals surface area contributed by atoms with Crippen LogP contribution in [-0.4, -0.2) is 28.3 Å². The second-order valence-corrected chi connectivity index (χ2v) is 7.03. The lowest BCUT2D eigenvalue weighted by Gasteiger charge is -2.50. The van der Waals surface area contributed by atoms with Gasteiger partial charge < -0.3 is 4.74 Å². The number of piperidine rings is 1. The zero-order valence-corrected chi connectivity index (χ0v) is 12.4. The lowest BCUT2D eigenvalue weighted by Crippen LogP contribution is -2.60. The van der Waals surface area contributed by atoms with Gasteiger partial charge in [0, 0.05) is 11.1 Å². The van der Waals surface area contributed by atoms with Crippen molar-refractivity contribution in [3.63, 3.8) is 0 Å². The van der Waals surface area contributed by atoms with E-state index >= 15 is 0 Å². The van der Waals surface area contributed by atoms with Gasteiger partial charge >= 0.3 is 0 Å². The smallest absolute Gasteiger partial charge is 0.0615 e. The summed E-state index contributed by atoms with van der Waals surface area (Å²) in [5.41, 5.74) is -0.660. The Balaban J connectivity index is 2.72. The van der Waals surface area contributed by atoms with Gasteiger partial charge in [0.05, 0.1) is 12.2 Å². The molecule has 3 heteroatoms. The van der Waals surface area contributed by atoms with Crippen LogP contribution in [-0.2, 0) is 9.94 Å². The van der Waals surface area contributed by atoms with E-state index in [2.05, 4.69) is 20.8 Å². The third kappa shape index (κ3) is 3.43. The number of rotatable bonds is 3. The monoisotopic (exact) mass is 242 g/mol. The number of hydroxylamine groups is 2. The predicted molar refractivity (Wildman–Crippen MR) is 69.1 cm³/mol. The molecular weight excluding hydrogens is 214 g/mol. The maximum atomic E-state index is 12.2. The first kappa shape index (κ1) is 14.9. The van der Waals surface area contributed by atoms with Crippen molar-refractivity contribution in [1.29, 1.82) is 0 Å². The van der Waals surface area contributed by atoms with Crippen LogP contribution >= 0.6 is 0 Å². The number of hydrogen-bond donors (Lipinski definition) is 0. The summed E-state index contributed by atoms with van der Waals surface area (Å²) in [5, 5.41) is 13.4. The standard InChI is InChI=1S/C14H28NO2/c1-10(2)11(3)17-12-8-13(4,5)15(16)14(6,7)9-12/h10-12H,8-9H2,1-7H3. The molecule has 1 aliphatic rings. The number of ether oxygens (including phenoxy) is 1. The van der Waals surface area contributed by atoms with Crippen molar-refractivity contribution in [2.75, 3.05) is 0 Å². The summed E-state index contributed by atoms with van der Waals surface area (Å²) in [4.78, 5) is 0. The van der Waals surface area contributed by atoms with E-state index in [9.17, 15) is 5.21 Å². The molecule has 17 heavy (non-hydrogen) atoms. The lowest BCUT2D eigenvalue weighted by molar-refractivity contribution is -0.303. The SMILES string of the molecule is CC(C)C(C)OC1CC(C)(C)N([O])C(C)(C)C1. The molecule has 0 amide bonds. The molecule has 0 aromatic heterocycles. The molecule has 1 unspecified atom stereocenters. The summed E-state index contributed by atoms with van der Waals surface area (Å²) >= 11 is 0. The summed E-state index contributed by atoms with van der Waals surface area (Å²) in [7, 11) is 0. The molecule has 0 bridgehead atoms. The van der Waals surface area contributed by atoms with Crippen molar-refractivity contribution < 1.29 is 9.94 Å². The Hall–Kier alpha value is -0.120. The highest BCUT2D eigenvalue weighted by atomic mass is 16.5. The van der Waals surface area contributed by atoms with Crippen LogP contribution in [0, 0.1) is 5.92 Å². The first-order valence-electron chi connectivity index (χ1n) is 6.69. The van der Waals surface area contributed by atoms with Gasteiger partial charge in [-0.1, -0.05) is 13.8 Å². The van der Waals surface area contributed by atoms with E-state index in [-0.39, 0.29) is 23.3 Å². The van der Waals surface area contributed by atoms with Crippen LogP contribution in [0.1, 0.15) is 61.3 Å². The molecule has 0 saturated carbocycles. The maximum absolute atomic E-state index is 12.2. The van der Waals surface area contributed by atoms with Gasteiger partial charge in [0.25, 0.3) is 0 Å². The quantitative estimate of drug-likeness (QED) is 0.759. The van der Waals surface area contributed by atoms with Crippen LogP contribution in [0.4, 0.5) is 0 Å². The Kier molecular flexibility index (Phi) is 4.28. The van der Waals surface area contributed by atoms with Crippen LogP contribution in [0.15, 0.2) is 0 Å². The third-order valence-electron chi connectivity index (χ3n) is 3.90. The van der Waals surface area contributed by atoms with Gasteiger partial charge in [-0.15, -0.1) is 10.3 Å². The minimum Gasteiger partial charge on any atom is -0.375 e. The first-order chi connectivity index (χ1) is 7.56. The van der Waals surface area contributed by atoms with Crippen LogP contribution in [0.5, 0.6) is 0 Å². The maximum Gasteiger partial charge on any atom is 0.0615 e. The Morgan fingerprint density at radius 1 is 1.06 bits per heavy atom. The third-order valence-corrected chi connectivity index (χ3v) is 3.90. The van der Waals surface area contributed by atoms with Crippen molar-refractivity contribution in [3.05, 3.63) is 0 Å². The van der Waals surface area contributed by atoms with E-state index < -0.39 is 0 Å². The Morgan fingerprint density at radius 3 is 1.82 bits per heavy atom. The van der Waals surface area contributed by atoms with E-state index in [1.165, 1.54) is 5.06 Å². The summed E-state index contributed by atoms with van der Waals surface area (Å²) < 4.78 is 6.11. The molecule has 0 spiro atoms. The summed E-state index contributed by atoms with van der Waals surface area (Å²) in [5.74, 6) is 0.520. The van der Waals surface area contributed by atoms with Gasteiger partial charge in [0.1, 0.15) is 0 Å². The van der Waals surface area contributed by atoms with Crippen molar-refractivity contribution in [2.24, 2.45) is 5.92 Å². The highest BCUT2D eigenvalue weighted by Gasteiger charge is 2.46. The average molecular weight is 242 g/mol. The Bertz CT molecular complexity index is 243. The van der Waals surface area contributed by atoms with E-state index in [4.69, 9.17) is 4.74 Å². The van der Waals surface area contributed by atoms with Gasteiger partial charge in [-0.3, -0.25) is 0 Å². The molecule has 0 aromatic carbocycles. The normalized spacial score (nSPS) is 27.4. The second kappa shape index (κ2) is 4.87. The van der Waals surface area contributed by atoms with E-state index in [0.29, 0.717) is 5.92 Å². The molecule has 1 rings (SSSR count). The molecule has 1 radical (unpaired) electrons. The first-order valence-corrected chi connectivity index (χ1v) is 6.69. The molecular formula is C14H28NO2. The van der Waals surface area contributed by atoms with Crippen molar-refractivity contribution in [3.8, 4) is 0 Å². The van der Waals surface area contributed by atoms with Gasteiger partial charge in [-0.2, -0.15) is 0 Å². The molecule has 1 atom stereocenters. The second-order valence-electron chi connectivity index (χ2n) is 7.03.